The van der Waals surface area contributed by atoms with Crippen LogP contribution >= 0.6 is 11.6 Å². The van der Waals surface area contributed by atoms with Gasteiger partial charge >= 0.3 is 0 Å². The fourth-order valence-corrected chi connectivity index (χ4v) is 1.65. The molecule has 0 radical (unpaired) electrons. The van der Waals surface area contributed by atoms with E-state index < -0.39 is 0 Å². The number of benzene rings is 2. The van der Waals surface area contributed by atoms with Gasteiger partial charge in [-0.3, -0.25) is 0 Å². The summed E-state index contributed by atoms with van der Waals surface area (Å²) in [4.78, 5) is 0. The molecule has 0 unspecified atom stereocenters. The Balaban J connectivity index is 2.42. The van der Waals surface area contributed by atoms with Crippen molar-refractivity contribution < 1.29 is 4.39 Å². The monoisotopic (exact) mass is 220 g/mol. The van der Waals surface area contributed by atoms with Crippen LogP contribution in [0.3, 0.4) is 0 Å². The second-order valence-electron chi connectivity index (χ2n) is 3.31. The van der Waals surface area contributed by atoms with Crippen molar-refractivity contribution in [3.05, 3.63) is 59.9 Å². The van der Waals surface area contributed by atoms with Crippen LogP contribution in [-0.4, -0.2) is 0 Å². The molecular formula is C13H10ClF. The van der Waals surface area contributed by atoms with Crippen molar-refractivity contribution in [1.29, 1.82) is 0 Å². The molecule has 2 aromatic rings. The average Bonchev–Trinajstić information content (AvgIpc) is 2.30. The molecule has 0 aliphatic carbocycles. The molecule has 0 aliphatic rings. The largest absolute Gasteiger partial charge is 0.206 e. The standard InChI is InChI=1S/C13H10ClF/c14-9-10-5-7-11(8-6-10)12-3-1-2-4-13(12)15/h1-8H,9H2. The molecule has 0 fully saturated rings. The van der Waals surface area contributed by atoms with E-state index in [4.69, 9.17) is 11.6 Å². The minimum atomic E-state index is -0.198. The first-order chi connectivity index (χ1) is 7.31. The summed E-state index contributed by atoms with van der Waals surface area (Å²) >= 11 is 5.68. The molecule has 0 bridgehead atoms. The lowest BCUT2D eigenvalue weighted by Crippen LogP contribution is -1.84. The van der Waals surface area contributed by atoms with E-state index in [9.17, 15) is 4.39 Å². The van der Waals surface area contributed by atoms with Gasteiger partial charge in [0, 0.05) is 11.4 Å². The third kappa shape index (κ3) is 2.18. The third-order valence-electron chi connectivity index (χ3n) is 2.29. The molecule has 0 saturated heterocycles. The molecule has 2 aromatic carbocycles. The van der Waals surface area contributed by atoms with Gasteiger partial charge in [0.25, 0.3) is 0 Å². The van der Waals surface area contributed by atoms with Crippen molar-refractivity contribution in [2.75, 3.05) is 0 Å². The molecule has 2 rings (SSSR count). The van der Waals surface area contributed by atoms with Gasteiger partial charge in [0.15, 0.2) is 0 Å². The number of halogens is 2. The number of alkyl halides is 1. The first-order valence-corrected chi connectivity index (χ1v) is 5.24. The molecule has 0 aliphatic heterocycles. The summed E-state index contributed by atoms with van der Waals surface area (Å²) in [5, 5.41) is 0. The van der Waals surface area contributed by atoms with Crippen LogP contribution in [0.1, 0.15) is 5.56 Å². The Kier molecular flexibility index (Phi) is 3.02. The Labute approximate surface area is 93.3 Å². The molecule has 15 heavy (non-hydrogen) atoms. The Bertz CT molecular complexity index is 448. The maximum atomic E-state index is 13.4. The summed E-state index contributed by atoms with van der Waals surface area (Å²) in [6.45, 7) is 0. The van der Waals surface area contributed by atoms with Crippen LogP contribution in [0.5, 0.6) is 0 Å². The van der Waals surface area contributed by atoms with Crippen molar-refractivity contribution in [2.24, 2.45) is 0 Å². The van der Waals surface area contributed by atoms with E-state index in [2.05, 4.69) is 0 Å². The first kappa shape index (κ1) is 10.2. The van der Waals surface area contributed by atoms with Gasteiger partial charge in [0.2, 0.25) is 0 Å². The van der Waals surface area contributed by atoms with Crippen molar-refractivity contribution in [3.8, 4) is 11.1 Å². The lowest BCUT2D eigenvalue weighted by Gasteiger charge is -2.03. The Morgan fingerprint density at radius 2 is 1.60 bits per heavy atom. The van der Waals surface area contributed by atoms with Crippen molar-refractivity contribution in [3.63, 3.8) is 0 Å². The molecular weight excluding hydrogens is 211 g/mol. The van der Waals surface area contributed by atoms with Gasteiger partial charge in [-0.2, -0.15) is 0 Å². The topological polar surface area (TPSA) is 0 Å². The molecule has 0 nitrogen and oxygen atoms in total. The molecule has 0 atom stereocenters. The molecule has 0 amide bonds. The maximum absolute atomic E-state index is 13.4. The maximum Gasteiger partial charge on any atom is 0.131 e. The lowest BCUT2D eigenvalue weighted by atomic mass is 10.0. The second kappa shape index (κ2) is 4.45. The van der Waals surface area contributed by atoms with Crippen LogP contribution in [0.4, 0.5) is 4.39 Å². The normalized spacial score (nSPS) is 10.3. The predicted molar refractivity (Wildman–Crippen MR) is 61.4 cm³/mol. The van der Waals surface area contributed by atoms with Crippen LogP contribution in [0.15, 0.2) is 48.5 Å². The highest BCUT2D eigenvalue weighted by atomic mass is 35.5. The number of hydrogen-bond donors (Lipinski definition) is 0. The zero-order chi connectivity index (χ0) is 10.7. The van der Waals surface area contributed by atoms with E-state index in [0.717, 1.165) is 11.1 Å². The smallest absolute Gasteiger partial charge is 0.131 e. The average molecular weight is 221 g/mol. The summed E-state index contributed by atoms with van der Waals surface area (Å²) in [5.41, 5.74) is 2.54. The van der Waals surface area contributed by atoms with E-state index >= 15 is 0 Å². The van der Waals surface area contributed by atoms with E-state index in [1.54, 1.807) is 12.1 Å². The lowest BCUT2D eigenvalue weighted by molar-refractivity contribution is 0.631. The minimum absolute atomic E-state index is 0.198. The van der Waals surface area contributed by atoms with Crippen LogP contribution in [0, 0.1) is 5.82 Å². The quantitative estimate of drug-likeness (QED) is 0.665. The molecule has 2 heteroatoms. The van der Waals surface area contributed by atoms with E-state index in [0.29, 0.717) is 11.4 Å². The summed E-state index contributed by atoms with van der Waals surface area (Å²) in [5.74, 6) is 0.286. The summed E-state index contributed by atoms with van der Waals surface area (Å²) in [7, 11) is 0. The number of hydrogen-bond acceptors (Lipinski definition) is 0. The van der Waals surface area contributed by atoms with Crippen molar-refractivity contribution in [2.45, 2.75) is 5.88 Å². The first-order valence-electron chi connectivity index (χ1n) is 4.71. The molecule has 0 saturated carbocycles. The Hall–Kier alpha value is -1.34. The van der Waals surface area contributed by atoms with Crippen molar-refractivity contribution in [1.82, 2.24) is 0 Å². The molecule has 0 N–H and O–H groups in total. The van der Waals surface area contributed by atoms with Crippen molar-refractivity contribution >= 4 is 11.6 Å². The Morgan fingerprint density at radius 3 is 2.20 bits per heavy atom. The summed E-state index contributed by atoms with van der Waals surface area (Å²) < 4.78 is 13.4. The van der Waals surface area contributed by atoms with Crippen LogP contribution in [-0.2, 0) is 5.88 Å². The minimum Gasteiger partial charge on any atom is -0.206 e. The SMILES string of the molecule is Fc1ccccc1-c1ccc(CCl)cc1. The fourth-order valence-electron chi connectivity index (χ4n) is 1.47. The van der Waals surface area contributed by atoms with Gasteiger partial charge in [-0.15, -0.1) is 11.6 Å². The van der Waals surface area contributed by atoms with Crippen LogP contribution in [0.25, 0.3) is 11.1 Å². The summed E-state index contributed by atoms with van der Waals surface area (Å²) in [6.07, 6.45) is 0. The fraction of sp³-hybridized carbons (Fsp3) is 0.0769. The van der Waals surface area contributed by atoms with E-state index in [-0.39, 0.29) is 5.82 Å². The van der Waals surface area contributed by atoms with Crippen LogP contribution in [0.2, 0.25) is 0 Å². The highest BCUT2D eigenvalue weighted by Crippen LogP contribution is 2.22. The van der Waals surface area contributed by atoms with E-state index in [1.807, 2.05) is 30.3 Å². The predicted octanol–water partition coefficient (Wildman–Crippen LogP) is 4.23. The van der Waals surface area contributed by atoms with Gasteiger partial charge in [0.05, 0.1) is 0 Å². The zero-order valence-corrected chi connectivity index (χ0v) is 8.84. The molecule has 0 heterocycles. The van der Waals surface area contributed by atoms with Gasteiger partial charge in [0.1, 0.15) is 5.82 Å². The second-order valence-corrected chi connectivity index (χ2v) is 3.58. The summed E-state index contributed by atoms with van der Waals surface area (Å²) in [6, 6.07) is 14.3. The zero-order valence-electron chi connectivity index (χ0n) is 8.08. The highest BCUT2D eigenvalue weighted by Gasteiger charge is 2.02. The molecule has 0 aromatic heterocycles. The van der Waals surface area contributed by atoms with E-state index in [1.165, 1.54) is 6.07 Å². The number of rotatable bonds is 2. The Morgan fingerprint density at radius 1 is 0.933 bits per heavy atom. The molecule has 0 spiro atoms. The highest BCUT2D eigenvalue weighted by molar-refractivity contribution is 6.17. The van der Waals surface area contributed by atoms with Gasteiger partial charge in [-0.25, -0.2) is 4.39 Å². The van der Waals surface area contributed by atoms with Gasteiger partial charge in [-0.05, 0) is 17.2 Å². The third-order valence-corrected chi connectivity index (χ3v) is 2.60. The van der Waals surface area contributed by atoms with Gasteiger partial charge < -0.3 is 0 Å². The van der Waals surface area contributed by atoms with Crippen LogP contribution < -0.4 is 0 Å². The van der Waals surface area contributed by atoms with Gasteiger partial charge in [-0.1, -0.05) is 42.5 Å². The molecule has 76 valence electrons.